The summed E-state index contributed by atoms with van der Waals surface area (Å²) in [6, 6.07) is 7.53. The number of carbonyl (C=O) groups excluding carboxylic acids is 1. The second kappa shape index (κ2) is 5.98. The van der Waals surface area contributed by atoms with E-state index in [1.54, 1.807) is 0 Å². The highest BCUT2D eigenvalue weighted by molar-refractivity contribution is 5.80. The molecule has 98 valence electrons. The van der Waals surface area contributed by atoms with Crippen LogP contribution in [0.15, 0.2) is 24.3 Å². The monoisotopic (exact) mass is 249 g/mol. The van der Waals surface area contributed by atoms with Crippen molar-refractivity contribution in [1.29, 1.82) is 0 Å². The van der Waals surface area contributed by atoms with Gasteiger partial charge in [-0.3, -0.25) is 4.79 Å². The molecule has 1 aromatic rings. The molecule has 4 heteroatoms. The summed E-state index contributed by atoms with van der Waals surface area (Å²) < 4.78 is 5.50. The first kappa shape index (κ1) is 13.1. The Balaban J connectivity index is 1.81. The molecule has 1 aromatic carbocycles. The molecule has 0 saturated carbocycles. The van der Waals surface area contributed by atoms with Crippen molar-refractivity contribution in [3.05, 3.63) is 35.4 Å². The van der Waals surface area contributed by atoms with E-state index in [4.69, 9.17) is 9.84 Å². The summed E-state index contributed by atoms with van der Waals surface area (Å²) in [5.74, 6) is -0.0365. The minimum absolute atomic E-state index is 0.0365. The van der Waals surface area contributed by atoms with Crippen LogP contribution >= 0.6 is 0 Å². The molecule has 0 spiro atoms. The predicted octanol–water partition coefficient (Wildman–Crippen LogP) is 1.36. The summed E-state index contributed by atoms with van der Waals surface area (Å²) >= 11 is 0. The van der Waals surface area contributed by atoms with Crippen LogP contribution in [0.4, 0.5) is 0 Å². The van der Waals surface area contributed by atoms with Crippen LogP contribution in [-0.2, 0) is 22.7 Å². The smallest absolute Gasteiger partial charge is 0.249 e. The van der Waals surface area contributed by atoms with Gasteiger partial charge in [0.25, 0.3) is 0 Å². The molecule has 0 radical (unpaired) electrons. The van der Waals surface area contributed by atoms with E-state index in [-0.39, 0.29) is 24.7 Å². The van der Waals surface area contributed by atoms with Crippen LogP contribution in [-0.4, -0.2) is 23.2 Å². The van der Waals surface area contributed by atoms with Crippen LogP contribution in [0.3, 0.4) is 0 Å². The molecule has 2 unspecified atom stereocenters. The minimum atomic E-state index is -0.295. The second-order valence-electron chi connectivity index (χ2n) is 4.71. The molecule has 1 aliphatic rings. The van der Waals surface area contributed by atoms with Gasteiger partial charge in [0.05, 0.1) is 12.7 Å². The molecular weight excluding hydrogens is 230 g/mol. The van der Waals surface area contributed by atoms with E-state index < -0.39 is 0 Å². The van der Waals surface area contributed by atoms with E-state index in [2.05, 4.69) is 5.32 Å². The standard InChI is InChI=1S/C14H19NO3/c1-10-2-7-13(18-10)14(17)15-8-11-3-5-12(9-16)6-4-11/h3-6,10,13,16H,2,7-9H2,1H3,(H,15,17). The third-order valence-electron chi connectivity index (χ3n) is 3.20. The normalized spacial score (nSPS) is 23.0. The Morgan fingerprint density at radius 1 is 1.33 bits per heavy atom. The molecule has 1 fully saturated rings. The third-order valence-corrected chi connectivity index (χ3v) is 3.20. The van der Waals surface area contributed by atoms with Crippen LogP contribution in [0.1, 0.15) is 30.9 Å². The van der Waals surface area contributed by atoms with Crippen molar-refractivity contribution in [2.45, 2.75) is 45.1 Å². The van der Waals surface area contributed by atoms with Crippen molar-refractivity contribution in [3.8, 4) is 0 Å². The molecule has 1 amide bonds. The van der Waals surface area contributed by atoms with Crippen LogP contribution in [0.2, 0.25) is 0 Å². The van der Waals surface area contributed by atoms with E-state index in [0.717, 1.165) is 24.0 Å². The van der Waals surface area contributed by atoms with Gasteiger partial charge < -0.3 is 15.2 Å². The summed E-state index contributed by atoms with van der Waals surface area (Å²) in [5.41, 5.74) is 1.89. The van der Waals surface area contributed by atoms with Gasteiger partial charge in [-0.05, 0) is 30.9 Å². The molecule has 1 aliphatic heterocycles. The van der Waals surface area contributed by atoms with Crippen molar-refractivity contribution in [3.63, 3.8) is 0 Å². The maximum Gasteiger partial charge on any atom is 0.249 e. The Hall–Kier alpha value is -1.39. The molecule has 4 nitrogen and oxygen atoms in total. The summed E-state index contributed by atoms with van der Waals surface area (Å²) in [4.78, 5) is 11.8. The van der Waals surface area contributed by atoms with Gasteiger partial charge in [0.2, 0.25) is 5.91 Å². The number of aliphatic hydroxyl groups is 1. The highest BCUT2D eigenvalue weighted by atomic mass is 16.5. The molecule has 2 N–H and O–H groups in total. The van der Waals surface area contributed by atoms with Gasteiger partial charge in [-0.25, -0.2) is 0 Å². The Morgan fingerprint density at radius 2 is 2.00 bits per heavy atom. The number of aliphatic hydroxyl groups excluding tert-OH is 1. The van der Waals surface area contributed by atoms with E-state index in [1.165, 1.54) is 0 Å². The van der Waals surface area contributed by atoms with E-state index in [9.17, 15) is 4.79 Å². The molecule has 2 rings (SSSR count). The number of rotatable bonds is 4. The molecule has 0 aromatic heterocycles. The fourth-order valence-corrected chi connectivity index (χ4v) is 2.06. The highest BCUT2D eigenvalue weighted by Gasteiger charge is 2.27. The number of ether oxygens (including phenoxy) is 1. The van der Waals surface area contributed by atoms with Gasteiger partial charge in [-0.1, -0.05) is 24.3 Å². The quantitative estimate of drug-likeness (QED) is 0.847. The summed E-state index contributed by atoms with van der Waals surface area (Å²) in [6.45, 7) is 2.53. The van der Waals surface area contributed by atoms with Crippen molar-refractivity contribution in [2.24, 2.45) is 0 Å². The van der Waals surface area contributed by atoms with Gasteiger partial charge in [0.15, 0.2) is 0 Å². The number of benzene rings is 1. The summed E-state index contributed by atoms with van der Waals surface area (Å²) in [5, 5.41) is 11.8. The SMILES string of the molecule is CC1CCC(C(=O)NCc2ccc(CO)cc2)O1. The Labute approximate surface area is 107 Å². The Morgan fingerprint density at radius 3 is 2.56 bits per heavy atom. The lowest BCUT2D eigenvalue weighted by Gasteiger charge is -2.11. The number of hydrogen-bond acceptors (Lipinski definition) is 3. The zero-order valence-electron chi connectivity index (χ0n) is 10.6. The summed E-state index contributed by atoms with van der Waals surface area (Å²) in [6.07, 6.45) is 1.64. The van der Waals surface area contributed by atoms with Gasteiger partial charge in [-0.15, -0.1) is 0 Å². The van der Waals surface area contributed by atoms with Crippen molar-refractivity contribution < 1.29 is 14.6 Å². The number of amides is 1. The molecule has 0 bridgehead atoms. The van der Waals surface area contributed by atoms with Gasteiger partial charge in [-0.2, -0.15) is 0 Å². The van der Waals surface area contributed by atoms with Crippen molar-refractivity contribution in [2.75, 3.05) is 0 Å². The van der Waals surface area contributed by atoms with Gasteiger partial charge in [0.1, 0.15) is 6.10 Å². The zero-order valence-corrected chi connectivity index (χ0v) is 10.6. The van der Waals surface area contributed by atoms with E-state index in [1.807, 2.05) is 31.2 Å². The van der Waals surface area contributed by atoms with Crippen LogP contribution < -0.4 is 5.32 Å². The molecule has 1 heterocycles. The topological polar surface area (TPSA) is 58.6 Å². The average molecular weight is 249 g/mol. The Bertz CT molecular complexity index is 402. The maximum atomic E-state index is 11.8. The lowest BCUT2D eigenvalue weighted by atomic mass is 10.1. The largest absolute Gasteiger partial charge is 0.392 e. The lowest BCUT2D eigenvalue weighted by molar-refractivity contribution is -0.131. The van der Waals surface area contributed by atoms with Crippen LogP contribution in [0, 0.1) is 0 Å². The molecule has 2 atom stereocenters. The van der Waals surface area contributed by atoms with Gasteiger partial charge >= 0.3 is 0 Å². The van der Waals surface area contributed by atoms with Crippen molar-refractivity contribution >= 4 is 5.91 Å². The molecule has 1 saturated heterocycles. The highest BCUT2D eigenvalue weighted by Crippen LogP contribution is 2.19. The first-order valence-corrected chi connectivity index (χ1v) is 6.31. The second-order valence-corrected chi connectivity index (χ2v) is 4.71. The van der Waals surface area contributed by atoms with Gasteiger partial charge in [0, 0.05) is 6.54 Å². The molecule has 18 heavy (non-hydrogen) atoms. The van der Waals surface area contributed by atoms with E-state index >= 15 is 0 Å². The number of nitrogens with one attached hydrogen (secondary N) is 1. The fourth-order valence-electron chi connectivity index (χ4n) is 2.06. The Kier molecular flexibility index (Phi) is 4.33. The fraction of sp³-hybridized carbons (Fsp3) is 0.500. The minimum Gasteiger partial charge on any atom is -0.392 e. The molecule has 0 aliphatic carbocycles. The van der Waals surface area contributed by atoms with E-state index in [0.29, 0.717) is 6.54 Å². The lowest BCUT2D eigenvalue weighted by Crippen LogP contribution is -2.34. The average Bonchev–Trinajstić information content (AvgIpc) is 2.83. The third kappa shape index (κ3) is 3.31. The zero-order chi connectivity index (χ0) is 13.0. The first-order chi connectivity index (χ1) is 8.69. The van der Waals surface area contributed by atoms with Crippen molar-refractivity contribution in [1.82, 2.24) is 5.32 Å². The maximum absolute atomic E-state index is 11.8. The summed E-state index contributed by atoms with van der Waals surface area (Å²) in [7, 11) is 0. The first-order valence-electron chi connectivity index (χ1n) is 6.31. The number of carbonyl (C=O) groups is 1. The number of hydrogen-bond donors (Lipinski definition) is 2. The molecular formula is C14H19NO3. The van der Waals surface area contributed by atoms with Crippen LogP contribution in [0.5, 0.6) is 0 Å². The van der Waals surface area contributed by atoms with Crippen LogP contribution in [0.25, 0.3) is 0 Å². The predicted molar refractivity (Wildman–Crippen MR) is 67.8 cm³/mol.